The first-order valence-electron chi connectivity index (χ1n) is 5.80. The summed E-state index contributed by atoms with van der Waals surface area (Å²) in [7, 11) is 3.18. The number of nitrogens with zero attached hydrogens (tertiary/aromatic N) is 3. The van der Waals surface area contributed by atoms with Gasteiger partial charge in [-0.2, -0.15) is 0 Å². The van der Waals surface area contributed by atoms with E-state index in [9.17, 15) is 14.9 Å². The van der Waals surface area contributed by atoms with Crippen LogP contribution in [0.2, 0.25) is 0 Å². The molecule has 0 bridgehead atoms. The molecule has 0 aliphatic heterocycles. The standard InChI is InChI=1S/C11H17N5O3/c1-4-13-9-5-8(16(18)19)6-10(14-9)15(3)7-11(17)12-2/h5-6H,4,7H2,1-3H3,(H,12,17)(H,13,14). The Labute approximate surface area is 111 Å². The van der Waals surface area contributed by atoms with Gasteiger partial charge in [0.25, 0.3) is 5.69 Å². The smallest absolute Gasteiger partial charge is 0.276 e. The molecule has 104 valence electrons. The van der Waals surface area contributed by atoms with Crippen LogP contribution in [-0.2, 0) is 4.79 Å². The van der Waals surface area contributed by atoms with Crippen LogP contribution in [0.4, 0.5) is 17.3 Å². The first-order valence-corrected chi connectivity index (χ1v) is 5.80. The predicted octanol–water partition coefficient (Wildman–Crippen LogP) is 0.604. The number of nitrogens with one attached hydrogen (secondary N) is 2. The van der Waals surface area contributed by atoms with Gasteiger partial charge < -0.3 is 15.5 Å². The first-order chi connectivity index (χ1) is 8.97. The number of pyridine rings is 1. The van der Waals surface area contributed by atoms with E-state index in [1.54, 1.807) is 11.9 Å². The lowest BCUT2D eigenvalue weighted by molar-refractivity contribution is -0.384. The van der Waals surface area contributed by atoms with Gasteiger partial charge in [-0.1, -0.05) is 0 Å². The molecule has 2 N–H and O–H groups in total. The van der Waals surface area contributed by atoms with Gasteiger partial charge in [-0.25, -0.2) is 4.98 Å². The van der Waals surface area contributed by atoms with E-state index in [4.69, 9.17) is 0 Å². The van der Waals surface area contributed by atoms with E-state index in [1.165, 1.54) is 19.2 Å². The molecule has 1 aromatic heterocycles. The molecule has 19 heavy (non-hydrogen) atoms. The predicted molar refractivity (Wildman–Crippen MR) is 72.4 cm³/mol. The van der Waals surface area contributed by atoms with Crippen LogP contribution in [0.5, 0.6) is 0 Å². The summed E-state index contributed by atoms with van der Waals surface area (Å²) >= 11 is 0. The fourth-order valence-electron chi connectivity index (χ4n) is 1.45. The Hall–Kier alpha value is -2.38. The normalized spacial score (nSPS) is 9.84. The van der Waals surface area contributed by atoms with Gasteiger partial charge in [-0.15, -0.1) is 0 Å². The second kappa shape index (κ2) is 6.53. The third-order valence-corrected chi connectivity index (χ3v) is 2.42. The molecular formula is C11H17N5O3. The van der Waals surface area contributed by atoms with Crippen molar-refractivity contribution in [2.75, 3.05) is 37.4 Å². The fraction of sp³-hybridized carbons (Fsp3) is 0.455. The average molecular weight is 267 g/mol. The van der Waals surface area contributed by atoms with Crippen LogP contribution < -0.4 is 15.5 Å². The number of carbonyl (C=O) groups excluding carboxylic acids is 1. The molecule has 0 aliphatic carbocycles. The Bertz CT molecular complexity index is 477. The molecule has 0 radical (unpaired) electrons. The average Bonchev–Trinajstić information content (AvgIpc) is 2.38. The number of hydrogen-bond acceptors (Lipinski definition) is 6. The summed E-state index contributed by atoms with van der Waals surface area (Å²) < 4.78 is 0. The highest BCUT2D eigenvalue weighted by atomic mass is 16.6. The number of anilines is 2. The van der Waals surface area contributed by atoms with Gasteiger partial charge in [0.15, 0.2) is 0 Å². The summed E-state index contributed by atoms with van der Waals surface area (Å²) in [4.78, 5) is 27.4. The van der Waals surface area contributed by atoms with E-state index < -0.39 is 4.92 Å². The SMILES string of the molecule is CCNc1cc([N+](=O)[O-])cc(N(C)CC(=O)NC)n1. The van der Waals surface area contributed by atoms with E-state index in [-0.39, 0.29) is 18.1 Å². The highest BCUT2D eigenvalue weighted by Crippen LogP contribution is 2.22. The van der Waals surface area contributed by atoms with Gasteiger partial charge in [0.2, 0.25) is 5.91 Å². The minimum absolute atomic E-state index is 0.0651. The lowest BCUT2D eigenvalue weighted by Crippen LogP contribution is -2.33. The second-order valence-corrected chi connectivity index (χ2v) is 3.89. The number of likely N-dealkylation sites (N-methyl/N-ethyl adjacent to an activating group) is 2. The molecule has 0 unspecified atom stereocenters. The topological polar surface area (TPSA) is 100 Å². The summed E-state index contributed by atoms with van der Waals surface area (Å²) in [5.74, 6) is 0.588. The maximum atomic E-state index is 11.3. The van der Waals surface area contributed by atoms with Crippen molar-refractivity contribution in [3.63, 3.8) is 0 Å². The molecule has 1 rings (SSSR count). The summed E-state index contributed by atoms with van der Waals surface area (Å²) in [6, 6.07) is 2.70. The molecule has 0 saturated carbocycles. The number of amides is 1. The molecule has 8 heteroatoms. The molecule has 0 atom stereocenters. The lowest BCUT2D eigenvalue weighted by atomic mass is 10.3. The van der Waals surface area contributed by atoms with Crippen LogP contribution in [0, 0.1) is 10.1 Å². The monoisotopic (exact) mass is 267 g/mol. The highest BCUT2D eigenvalue weighted by molar-refractivity contribution is 5.80. The zero-order chi connectivity index (χ0) is 14.4. The molecule has 1 aromatic rings. The molecule has 1 heterocycles. The highest BCUT2D eigenvalue weighted by Gasteiger charge is 2.15. The van der Waals surface area contributed by atoms with Crippen molar-refractivity contribution in [3.05, 3.63) is 22.2 Å². The van der Waals surface area contributed by atoms with Crippen molar-refractivity contribution in [1.82, 2.24) is 10.3 Å². The maximum absolute atomic E-state index is 11.3. The van der Waals surface area contributed by atoms with Crippen molar-refractivity contribution in [2.45, 2.75) is 6.92 Å². The van der Waals surface area contributed by atoms with Gasteiger partial charge in [-0.3, -0.25) is 14.9 Å². The van der Waals surface area contributed by atoms with E-state index in [0.717, 1.165) is 0 Å². The zero-order valence-electron chi connectivity index (χ0n) is 11.1. The van der Waals surface area contributed by atoms with Crippen LogP contribution in [-0.4, -0.2) is 43.0 Å². The Kier molecular flexibility index (Phi) is 5.04. The van der Waals surface area contributed by atoms with Crippen LogP contribution in [0.15, 0.2) is 12.1 Å². The van der Waals surface area contributed by atoms with Crippen LogP contribution in [0.3, 0.4) is 0 Å². The Morgan fingerprint density at radius 3 is 2.74 bits per heavy atom. The maximum Gasteiger partial charge on any atom is 0.276 e. The zero-order valence-corrected chi connectivity index (χ0v) is 11.1. The van der Waals surface area contributed by atoms with Gasteiger partial charge in [0.1, 0.15) is 11.6 Å². The number of aromatic nitrogens is 1. The quantitative estimate of drug-likeness (QED) is 0.578. The third-order valence-electron chi connectivity index (χ3n) is 2.42. The lowest BCUT2D eigenvalue weighted by Gasteiger charge is -2.17. The summed E-state index contributed by atoms with van der Waals surface area (Å²) in [5.41, 5.74) is -0.0651. The number of hydrogen-bond donors (Lipinski definition) is 2. The van der Waals surface area contributed by atoms with E-state index in [2.05, 4.69) is 15.6 Å². The molecular weight excluding hydrogens is 250 g/mol. The van der Waals surface area contributed by atoms with Gasteiger partial charge in [0.05, 0.1) is 23.6 Å². The van der Waals surface area contributed by atoms with E-state index >= 15 is 0 Å². The van der Waals surface area contributed by atoms with Crippen molar-refractivity contribution in [3.8, 4) is 0 Å². The van der Waals surface area contributed by atoms with Gasteiger partial charge in [0, 0.05) is 20.6 Å². The summed E-state index contributed by atoms with van der Waals surface area (Å²) in [6.07, 6.45) is 0. The Balaban J connectivity index is 3.04. The van der Waals surface area contributed by atoms with E-state index in [1.807, 2.05) is 6.92 Å². The minimum Gasteiger partial charge on any atom is -0.370 e. The molecule has 0 saturated heterocycles. The number of nitro groups is 1. The number of rotatable bonds is 6. The van der Waals surface area contributed by atoms with Crippen LogP contribution in [0.25, 0.3) is 0 Å². The fourth-order valence-corrected chi connectivity index (χ4v) is 1.45. The first kappa shape index (κ1) is 14.7. The van der Waals surface area contributed by atoms with Crippen LogP contribution in [0.1, 0.15) is 6.92 Å². The second-order valence-electron chi connectivity index (χ2n) is 3.89. The largest absolute Gasteiger partial charge is 0.370 e. The third kappa shape index (κ3) is 4.09. The molecule has 1 amide bonds. The summed E-state index contributed by atoms with van der Waals surface area (Å²) in [5, 5.41) is 16.3. The molecule has 0 spiro atoms. The van der Waals surface area contributed by atoms with Crippen molar-refractivity contribution in [1.29, 1.82) is 0 Å². The van der Waals surface area contributed by atoms with Crippen molar-refractivity contribution in [2.24, 2.45) is 0 Å². The molecule has 0 aliphatic rings. The van der Waals surface area contributed by atoms with Gasteiger partial charge >= 0.3 is 0 Å². The molecule has 0 aromatic carbocycles. The Morgan fingerprint density at radius 2 is 2.21 bits per heavy atom. The number of carbonyl (C=O) groups is 1. The van der Waals surface area contributed by atoms with Crippen molar-refractivity contribution < 1.29 is 9.72 Å². The molecule has 0 fully saturated rings. The Morgan fingerprint density at radius 1 is 1.53 bits per heavy atom. The minimum atomic E-state index is -0.486. The van der Waals surface area contributed by atoms with Gasteiger partial charge in [-0.05, 0) is 6.92 Å². The van der Waals surface area contributed by atoms with E-state index in [0.29, 0.717) is 18.2 Å². The molecule has 8 nitrogen and oxygen atoms in total. The van der Waals surface area contributed by atoms with Crippen molar-refractivity contribution >= 4 is 23.2 Å². The van der Waals surface area contributed by atoms with Crippen LogP contribution >= 0.6 is 0 Å². The summed E-state index contributed by atoms with van der Waals surface area (Å²) in [6.45, 7) is 2.55.